The highest BCUT2D eigenvalue weighted by atomic mass is 16.2. The Morgan fingerprint density at radius 1 is 1.16 bits per heavy atom. The highest BCUT2D eigenvalue weighted by Crippen LogP contribution is 2.19. The molecule has 3 rings (SSSR count). The summed E-state index contributed by atoms with van der Waals surface area (Å²) in [7, 11) is 0. The van der Waals surface area contributed by atoms with E-state index in [-0.39, 0.29) is 6.03 Å². The van der Waals surface area contributed by atoms with Crippen molar-refractivity contribution in [3.63, 3.8) is 0 Å². The third-order valence-corrected chi connectivity index (χ3v) is 3.62. The van der Waals surface area contributed by atoms with Gasteiger partial charge < -0.3 is 10.6 Å². The zero-order valence-corrected chi connectivity index (χ0v) is 13.9. The van der Waals surface area contributed by atoms with Gasteiger partial charge in [0.05, 0.1) is 11.4 Å². The summed E-state index contributed by atoms with van der Waals surface area (Å²) in [5, 5.41) is 17.4. The number of amides is 2. The van der Waals surface area contributed by atoms with Crippen LogP contribution in [0.15, 0.2) is 48.7 Å². The number of carbonyl (C=O) groups excluding carboxylic acids is 1. The van der Waals surface area contributed by atoms with Crippen molar-refractivity contribution in [2.45, 2.75) is 19.8 Å². The molecule has 2 amide bonds. The molecule has 2 heterocycles. The van der Waals surface area contributed by atoms with Gasteiger partial charge in [0.15, 0.2) is 5.82 Å². The van der Waals surface area contributed by atoms with E-state index in [4.69, 9.17) is 0 Å². The average Bonchev–Trinajstić information content (AvgIpc) is 3.11. The quantitative estimate of drug-likeness (QED) is 0.717. The number of pyridine rings is 1. The van der Waals surface area contributed by atoms with Crippen LogP contribution in [0.1, 0.15) is 18.4 Å². The lowest BCUT2D eigenvalue weighted by Gasteiger charge is -2.12. The molecule has 8 nitrogen and oxygen atoms in total. The molecule has 8 heteroatoms. The maximum absolute atomic E-state index is 12.2. The van der Waals surface area contributed by atoms with Crippen LogP contribution in [0.5, 0.6) is 0 Å². The second-order valence-corrected chi connectivity index (χ2v) is 5.33. The summed E-state index contributed by atoms with van der Waals surface area (Å²) < 4.78 is 1.63. The van der Waals surface area contributed by atoms with Gasteiger partial charge in [-0.2, -0.15) is 4.68 Å². The van der Waals surface area contributed by atoms with Gasteiger partial charge in [0.1, 0.15) is 0 Å². The largest absolute Gasteiger partial charge is 0.337 e. The Morgan fingerprint density at radius 3 is 2.80 bits per heavy atom. The number of benzene rings is 1. The van der Waals surface area contributed by atoms with Gasteiger partial charge in [-0.3, -0.25) is 4.98 Å². The molecule has 0 atom stereocenters. The van der Waals surface area contributed by atoms with Gasteiger partial charge in [0, 0.05) is 31.3 Å². The highest BCUT2D eigenvalue weighted by Gasteiger charge is 2.12. The van der Waals surface area contributed by atoms with E-state index in [1.165, 1.54) is 0 Å². The number of aryl methyl sites for hydroxylation is 1. The molecule has 0 saturated heterocycles. The van der Waals surface area contributed by atoms with E-state index in [0.29, 0.717) is 25.1 Å². The normalized spacial score (nSPS) is 10.4. The van der Waals surface area contributed by atoms with Crippen molar-refractivity contribution in [3.05, 3.63) is 60.2 Å². The van der Waals surface area contributed by atoms with Crippen molar-refractivity contribution >= 4 is 11.7 Å². The van der Waals surface area contributed by atoms with Crippen molar-refractivity contribution < 1.29 is 4.79 Å². The second kappa shape index (κ2) is 8.00. The summed E-state index contributed by atoms with van der Waals surface area (Å²) in [6.45, 7) is 2.47. The lowest BCUT2D eigenvalue weighted by molar-refractivity contribution is 0.252. The summed E-state index contributed by atoms with van der Waals surface area (Å²) in [6.07, 6.45) is 3.10. The molecule has 2 N–H and O–H groups in total. The van der Waals surface area contributed by atoms with E-state index in [9.17, 15) is 4.79 Å². The van der Waals surface area contributed by atoms with Crippen LogP contribution < -0.4 is 10.6 Å². The Labute approximate surface area is 145 Å². The van der Waals surface area contributed by atoms with Crippen LogP contribution in [0.3, 0.4) is 0 Å². The standard InChI is InChI=1S/C17H19N7O/c1-2-16-21-22-23-24(16)15-9-4-3-8-14(15)20-17(25)19-12-10-13-7-5-6-11-18-13/h3-9,11H,2,10,12H2,1H3,(H2,19,20,25). The maximum Gasteiger partial charge on any atom is 0.319 e. The number of aromatic nitrogens is 5. The predicted molar refractivity (Wildman–Crippen MR) is 93.5 cm³/mol. The van der Waals surface area contributed by atoms with Gasteiger partial charge in [0.2, 0.25) is 0 Å². The number of tetrazole rings is 1. The van der Waals surface area contributed by atoms with Crippen molar-refractivity contribution in [1.82, 2.24) is 30.5 Å². The van der Waals surface area contributed by atoms with Crippen LogP contribution in [-0.2, 0) is 12.8 Å². The van der Waals surface area contributed by atoms with E-state index < -0.39 is 0 Å². The first-order valence-electron chi connectivity index (χ1n) is 8.09. The molecule has 2 aromatic heterocycles. The molecule has 128 valence electrons. The van der Waals surface area contributed by atoms with E-state index >= 15 is 0 Å². The summed E-state index contributed by atoms with van der Waals surface area (Å²) in [6, 6.07) is 12.8. The Hall–Kier alpha value is -3.29. The van der Waals surface area contributed by atoms with Crippen molar-refractivity contribution in [2.24, 2.45) is 0 Å². The molecule has 3 aromatic rings. The Morgan fingerprint density at radius 2 is 2.00 bits per heavy atom. The van der Waals surface area contributed by atoms with Gasteiger partial charge >= 0.3 is 6.03 Å². The first-order valence-corrected chi connectivity index (χ1v) is 8.09. The number of carbonyl (C=O) groups is 1. The second-order valence-electron chi connectivity index (χ2n) is 5.33. The van der Waals surface area contributed by atoms with Gasteiger partial charge in [-0.15, -0.1) is 5.10 Å². The van der Waals surface area contributed by atoms with Crippen LogP contribution in [0.25, 0.3) is 5.69 Å². The van der Waals surface area contributed by atoms with Crippen LogP contribution in [0.4, 0.5) is 10.5 Å². The van der Waals surface area contributed by atoms with Crippen molar-refractivity contribution in [2.75, 3.05) is 11.9 Å². The highest BCUT2D eigenvalue weighted by molar-refractivity contribution is 5.91. The van der Waals surface area contributed by atoms with Crippen LogP contribution in [0, 0.1) is 0 Å². The molecule has 0 aliphatic rings. The number of rotatable bonds is 6. The van der Waals surface area contributed by atoms with E-state index in [1.807, 2.05) is 49.4 Å². The minimum absolute atomic E-state index is 0.283. The number of nitrogens with one attached hydrogen (secondary N) is 2. The Kier molecular flexibility index (Phi) is 5.30. The van der Waals surface area contributed by atoms with Gasteiger partial charge in [-0.25, -0.2) is 4.79 Å². The number of anilines is 1. The summed E-state index contributed by atoms with van der Waals surface area (Å²) in [5.74, 6) is 0.727. The third kappa shape index (κ3) is 4.17. The van der Waals surface area contributed by atoms with Crippen LogP contribution >= 0.6 is 0 Å². The van der Waals surface area contributed by atoms with E-state index in [2.05, 4.69) is 31.1 Å². The lowest BCUT2D eigenvalue weighted by atomic mass is 10.2. The minimum atomic E-state index is -0.283. The lowest BCUT2D eigenvalue weighted by Crippen LogP contribution is -2.31. The monoisotopic (exact) mass is 337 g/mol. The minimum Gasteiger partial charge on any atom is -0.337 e. The third-order valence-electron chi connectivity index (χ3n) is 3.62. The Balaban J connectivity index is 1.64. The molecule has 0 aliphatic heterocycles. The fourth-order valence-corrected chi connectivity index (χ4v) is 2.39. The number of nitrogens with zero attached hydrogens (tertiary/aromatic N) is 5. The molecule has 0 saturated carbocycles. The van der Waals surface area contributed by atoms with Gasteiger partial charge in [-0.05, 0) is 34.7 Å². The van der Waals surface area contributed by atoms with E-state index in [1.54, 1.807) is 10.9 Å². The maximum atomic E-state index is 12.2. The topological polar surface area (TPSA) is 97.6 Å². The molecule has 0 aliphatic carbocycles. The molecular weight excluding hydrogens is 318 g/mol. The number of urea groups is 1. The molecule has 0 radical (unpaired) electrons. The summed E-state index contributed by atoms with van der Waals surface area (Å²) in [5.41, 5.74) is 2.30. The number of hydrogen-bond acceptors (Lipinski definition) is 5. The average molecular weight is 337 g/mol. The fourth-order valence-electron chi connectivity index (χ4n) is 2.39. The molecule has 0 unspecified atom stereocenters. The molecular formula is C17H19N7O. The van der Waals surface area contributed by atoms with E-state index in [0.717, 1.165) is 17.2 Å². The summed E-state index contributed by atoms with van der Waals surface area (Å²) in [4.78, 5) is 16.4. The molecule has 0 fully saturated rings. The SMILES string of the molecule is CCc1nnnn1-c1ccccc1NC(=O)NCCc1ccccn1. The molecule has 1 aromatic carbocycles. The molecule has 0 spiro atoms. The summed E-state index contributed by atoms with van der Waals surface area (Å²) >= 11 is 0. The van der Waals surface area contributed by atoms with Crippen molar-refractivity contribution in [3.8, 4) is 5.69 Å². The first kappa shape index (κ1) is 16.6. The zero-order chi connectivity index (χ0) is 17.5. The van der Waals surface area contributed by atoms with Crippen LogP contribution in [-0.4, -0.2) is 37.8 Å². The first-order chi connectivity index (χ1) is 12.3. The number of hydrogen-bond donors (Lipinski definition) is 2. The smallest absolute Gasteiger partial charge is 0.319 e. The number of para-hydroxylation sites is 2. The fraction of sp³-hybridized carbons (Fsp3) is 0.235. The molecule has 25 heavy (non-hydrogen) atoms. The van der Waals surface area contributed by atoms with Gasteiger partial charge in [-0.1, -0.05) is 25.1 Å². The predicted octanol–water partition coefficient (Wildman–Crippen LogP) is 1.98. The molecule has 0 bridgehead atoms. The zero-order valence-electron chi connectivity index (χ0n) is 13.9. The van der Waals surface area contributed by atoms with Crippen molar-refractivity contribution in [1.29, 1.82) is 0 Å². The van der Waals surface area contributed by atoms with Gasteiger partial charge in [0.25, 0.3) is 0 Å². The van der Waals surface area contributed by atoms with Crippen LogP contribution in [0.2, 0.25) is 0 Å². The Bertz CT molecular complexity index is 832.